The van der Waals surface area contributed by atoms with Crippen LogP contribution in [0, 0.1) is 5.92 Å². The molecule has 0 radical (unpaired) electrons. The van der Waals surface area contributed by atoms with E-state index in [1.807, 2.05) is 60.7 Å². The molecule has 3 aromatic rings. The third-order valence-corrected chi connectivity index (χ3v) is 6.28. The SMILES string of the molecule is CON(O)C(=O)C(CC1CCCCC1)c1ccc(OCc2ccc3ccccc3n2)cc1. The number of fused-ring (bicyclic) bond motifs is 1. The predicted octanol–water partition coefficient (Wildman–Crippen LogP) is 5.65. The number of amides is 1. The molecule has 1 fully saturated rings. The highest BCUT2D eigenvalue weighted by atomic mass is 16.9. The molecular formula is C26H30N2O4. The van der Waals surface area contributed by atoms with Crippen LogP contribution in [0.2, 0.25) is 0 Å². The summed E-state index contributed by atoms with van der Waals surface area (Å²) in [5.74, 6) is 0.310. The van der Waals surface area contributed by atoms with Gasteiger partial charge in [0.05, 0.1) is 24.2 Å². The Balaban J connectivity index is 1.44. The molecule has 168 valence electrons. The average Bonchev–Trinajstić information content (AvgIpc) is 2.86. The number of ether oxygens (including phenoxy) is 1. The minimum Gasteiger partial charge on any atom is -0.487 e. The van der Waals surface area contributed by atoms with Crippen molar-refractivity contribution < 1.29 is 19.6 Å². The summed E-state index contributed by atoms with van der Waals surface area (Å²) in [6, 6.07) is 19.5. The number of para-hydroxylation sites is 1. The standard InChI is InChI=1S/C26H30N2O4/c1-31-28(30)26(29)24(17-19-7-3-2-4-8-19)20-12-15-23(16-13-20)32-18-22-14-11-21-9-5-6-10-25(21)27-22/h5-6,9-16,19,24,30H,2-4,7-8,17-18H2,1H3. The van der Waals surface area contributed by atoms with Gasteiger partial charge in [0.25, 0.3) is 5.91 Å². The third kappa shape index (κ3) is 5.44. The molecule has 0 aliphatic heterocycles. The molecule has 1 aromatic heterocycles. The van der Waals surface area contributed by atoms with Crippen molar-refractivity contribution in [2.24, 2.45) is 5.92 Å². The van der Waals surface area contributed by atoms with Gasteiger partial charge in [-0.15, -0.1) is 0 Å². The van der Waals surface area contributed by atoms with Gasteiger partial charge in [-0.3, -0.25) is 10.0 Å². The lowest BCUT2D eigenvalue weighted by atomic mass is 9.80. The summed E-state index contributed by atoms with van der Waals surface area (Å²) in [7, 11) is 1.29. The first-order chi connectivity index (χ1) is 15.6. The van der Waals surface area contributed by atoms with E-state index >= 15 is 0 Å². The van der Waals surface area contributed by atoms with Crippen LogP contribution < -0.4 is 4.74 Å². The highest BCUT2D eigenvalue weighted by molar-refractivity contribution is 5.82. The van der Waals surface area contributed by atoms with E-state index in [2.05, 4.69) is 4.98 Å². The van der Waals surface area contributed by atoms with Crippen LogP contribution in [-0.2, 0) is 16.2 Å². The Morgan fingerprint density at radius 2 is 1.81 bits per heavy atom. The molecule has 0 bridgehead atoms. The fraction of sp³-hybridized carbons (Fsp3) is 0.385. The van der Waals surface area contributed by atoms with E-state index in [4.69, 9.17) is 9.57 Å². The molecule has 1 heterocycles. The normalized spacial score (nSPS) is 15.4. The van der Waals surface area contributed by atoms with Crippen molar-refractivity contribution in [3.63, 3.8) is 0 Å². The lowest BCUT2D eigenvalue weighted by Crippen LogP contribution is -2.32. The Labute approximate surface area is 188 Å². The summed E-state index contributed by atoms with van der Waals surface area (Å²) in [6.07, 6.45) is 6.63. The molecule has 1 atom stereocenters. The lowest BCUT2D eigenvalue weighted by molar-refractivity contribution is -0.303. The van der Waals surface area contributed by atoms with Gasteiger partial charge in [0, 0.05) is 5.39 Å². The number of hydrogen-bond donors (Lipinski definition) is 1. The van der Waals surface area contributed by atoms with Gasteiger partial charge in [0.2, 0.25) is 0 Å². The van der Waals surface area contributed by atoms with E-state index in [1.165, 1.54) is 26.4 Å². The van der Waals surface area contributed by atoms with Crippen LogP contribution in [0.25, 0.3) is 10.9 Å². The van der Waals surface area contributed by atoms with E-state index in [0.29, 0.717) is 29.9 Å². The lowest BCUT2D eigenvalue weighted by Gasteiger charge is -2.27. The van der Waals surface area contributed by atoms with Crippen LogP contribution >= 0.6 is 0 Å². The first kappa shape index (κ1) is 22.2. The molecule has 32 heavy (non-hydrogen) atoms. The summed E-state index contributed by atoms with van der Waals surface area (Å²) in [4.78, 5) is 22.2. The van der Waals surface area contributed by atoms with Gasteiger partial charge in [-0.1, -0.05) is 73.7 Å². The van der Waals surface area contributed by atoms with Gasteiger partial charge >= 0.3 is 0 Å². The van der Waals surface area contributed by atoms with Crippen LogP contribution in [0.15, 0.2) is 60.7 Å². The number of nitrogens with zero attached hydrogens (tertiary/aromatic N) is 2. The fourth-order valence-electron chi connectivity index (χ4n) is 4.50. The maximum atomic E-state index is 12.8. The number of rotatable bonds is 8. The second-order valence-electron chi connectivity index (χ2n) is 8.44. The van der Waals surface area contributed by atoms with E-state index < -0.39 is 11.8 Å². The Hall–Kier alpha value is -2.96. The topological polar surface area (TPSA) is 71.9 Å². The number of pyridine rings is 1. The molecule has 1 N–H and O–H groups in total. The number of benzene rings is 2. The van der Waals surface area contributed by atoms with Crippen LogP contribution in [0.1, 0.15) is 55.7 Å². The second kappa shape index (κ2) is 10.6. The molecule has 1 saturated carbocycles. The number of carbonyl (C=O) groups is 1. The first-order valence-electron chi connectivity index (χ1n) is 11.3. The van der Waals surface area contributed by atoms with Gasteiger partial charge in [-0.05, 0) is 42.2 Å². The number of hydrogen-bond acceptors (Lipinski definition) is 5. The number of hydroxylamine groups is 2. The van der Waals surface area contributed by atoms with Crippen LogP contribution in [0.4, 0.5) is 0 Å². The molecule has 1 aliphatic carbocycles. The third-order valence-electron chi connectivity index (χ3n) is 6.28. The van der Waals surface area contributed by atoms with Gasteiger partial charge in [0.15, 0.2) is 0 Å². The number of carbonyl (C=O) groups excluding carboxylic acids is 1. The fourth-order valence-corrected chi connectivity index (χ4v) is 4.50. The van der Waals surface area contributed by atoms with E-state index in [1.54, 1.807) is 0 Å². The molecular weight excluding hydrogens is 404 g/mol. The van der Waals surface area contributed by atoms with Gasteiger partial charge in [-0.2, -0.15) is 0 Å². The van der Waals surface area contributed by atoms with Crippen molar-refractivity contribution in [1.29, 1.82) is 0 Å². The molecule has 4 rings (SSSR count). The minimum atomic E-state index is -0.445. The highest BCUT2D eigenvalue weighted by Gasteiger charge is 2.29. The van der Waals surface area contributed by atoms with Crippen molar-refractivity contribution in [2.75, 3.05) is 7.11 Å². The Morgan fingerprint density at radius 3 is 2.56 bits per heavy atom. The predicted molar refractivity (Wildman–Crippen MR) is 122 cm³/mol. The highest BCUT2D eigenvalue weighted by Crippen LogP contribution is 2.34. The van der Waals surface area contributed by atoms with Crippen LogP contribution in [0.3, 0.4) is 0 Å². The molecule has 1 unspecified atom stereocenters. The largest absolute Gasteiger partial charge is 0.487 e. The van der Waals surface area contributed by atoms with Crippen molar-refractivity contribution in [3.8, 4) is 5.75 Å². The zero-order valence-electron chi connectivity index (χ0n) is 18.4. The maximum absolute atomic E-state index is 12.8. The smallest absolute Gasteiger partial charge is 0.280 e. The van der Waals surface area contributed by atoms with Crippen LogP contribution in [0.5, 0.6) is 5.75 Å². The monoisotopic (exact) mass is 434 g/mol. The van der Waals surface area contributed by atoms with Crippen molar-refractivity contribution >= 4 is 16.8 Å². The summed E-state index contributed by atoms with van der Waals surface area (Å²) in [6.45, 7) is 0.364. The Kier molecular flexibility index (Phi) is 7.35. The van der Waals surface area contributed by atoms with E-state index in [-0.39, 0.29) is 0 Å². The zero-order chi connectivity index (χ0) is 22.3. The molecule has 6 heteroatoms. The van der Waals surface area contributed by atoms with E-state index in [0.717, 1.165) is 35.0 Å². The van der Waals surface area contributed by atoms with Gasteiger partial charge in [0.1, 0.15) is 12.4 Å². The molecule has 0 saturated heterocycles. The summed E-state index contributed by atoms with van der Waals surface area (Å²) < 4.78 is 5.92. The van der Waals surface area contributed by atoms with Crippen molar-refractivity contribution in [3.05, 3.63) is 71.9 Å². The van der Waals surface area contributed by atoms with Crippen LogP contribution in [-0.4, -0.2) is 28.4 Å². The minimum absolute atomic E-state index is 0.350. The average molecular weight is 435 g/mol. The quantitative estimate of drug-likeness (QED) is 0.367. The molecule has 0 spiro atoms. The molecule has 1 aliphatic rings. The molecule has 1 amide bonds. The second-order valence-corrected chi connectivity index (χ2v) is 8.44. The van der Waals surface area contributed by atoms with Crippen molar-refractivity contribution in [2.45, 2.75) is 51.0 Å². The summed E-state index contributed by atoms with van der Waals surface area (Å²) >= 11 is 0. The molecule has 6 nitrogen and oxygen atoms in total. The summed E-state index contributed by atoms with van der Waals surface area (Å²) in [5.41, 5.74) is 2.65. The van der Waals surface area contributed by atoms with Gasteiger partial charge < -0.3 is 4.74 Å². The van der Waals surface area contributed by atoms with Crippen molar-refractivity contribution in [1.82, 2.24) is 10.2 Å². The Bertz CT molecular complexity index is 1030. The first-order valence-corrected chi connectivity index (χ1v) is 11.3. The Morgan fingerprint density at radius 1 is 1.06 bits per heavy atom. The molecule has 2 aromatic carbocycles. The zero-order valence-corrected chi connectivity index (χ0v) is 18.4. The summed E-state index contributed by atoms with van der Waals surface area (Å²) in [5, 5.41) is 11.3. The van der Waals surface area contributed by atoms with E-state index in [9.17, 15) is 10.0 Å². The van der Waals surface area contributed by atoms with Gasteiger partial charge in [-0.25, -0.2) is 9.82 Å². The number of aromatic nitrogens is 1. The maximum Gasteiger partial charge on any atom is 0.280 e.